The van der Waals surface area contributed by atoms with Crippen LogP contribution in [0.3, 0.4) is 0 Å². The minimum absolute atomic E-state index is 0.122. The van der Waals surface area contributed by atoms with Gasteiger partial charge in [-0.25, -0.2) is 0 Å². The largest absolute Gasteiger partial charge is 0.392 e. The molecule has 0 fully saturated rings. The van der Waals surface area contributed by atoms with Crippen molar-refractivity contribution in [1.29, 1.82) is 0 Å². The van der Waals surface area contributed by atoms with Gasteiger partial charge in [-0.1, -0.05) is 18.2 Å². The van der Waals surface area contributed by atoms with E-state index in [4.69, 9.17) is 5.11 Å². The van der Waals surface area contributed by atoms with Crippen LogP contribution in [0.5, 0.6) is 0 Å². The average Bonchev–Trinajstić information content (AvgIpc) is 2.96. The van der Waals surface area contributed by atoms with E-state index in [0.717, 1.165) is 12.1 Å². The topological polar surface area (TPSA) is 25.2 Å². The van der Waals surface area contributed by atoms with Gasteiger partial charge in [0.2, 0.25) is 0 Å². The van der Waals surface area contributed by atoms with Gasteiger partial charge in [0.1, 0.15) is 0 Å². The third-order valence-corrected chi connectivity index (χ3v) is 3.52. The molecule has 1 N–H and O–H groups in total. The molecule has 88 valence electrons. The molecule has 0 bridgehead atoms. The molecule has 0 saturated heterocycles. The lowest BCUT2D eigenvalue weighted by molar-refractivity contribution is 0.282. The molecule has 1 heterocycles. The SMILES string of the molecule is OCc1ccn(Cc2ccc3c(c2)CCC3)c1. The third-order valence-electron chi connectivity index (χ3n) is 3.52. The predicted octanol–water partition coefficient (Wildman–Crippen LogP) is 2.52. The molecule has 1 aromatic carbocycles. The van der Waals surface area contributed by atoms with Gasteiger partial charge < -0.3 is 9.67 Å². The lowest BCUT2D eigenvalue weighted by Gasteiger charge is -2.06. The fraction of sp³-hybridized carbons (Fsp3) is 0.333. The Labute approximate surface area is 102 Å². The number of aliphatic hydroxyl groups excluding tert-OH is 1. The number of aliphatic hydroxyl groups is 1. The number of benzene rings is 1. The molecule has 2 heteroatoms. The molecule has 0 radical (unpaired) electrons. The van der Waals surface area contributed by atoms with Gasteiger partial charge in [0.05, 0.1) is 6.61 Å². The van der Waals surface area contributed by atoms with Gasteiger partial charge in [0, 0.05) is 18.9 Å². The second-order valence-electron chi connectivity index (χ2n) is 4.81. The summed E-state index contributed by atoms with van der Waals surface area (Å²) in [5.74, 6) is 0. The van der Waals surface area contributed by atoms with Crippen LogP contribution in [-0.4, -0.2) is 9.67 Å². The number of fused-ring (bicyclic) bond motifs is 1. The Bertz CT molecular complexity index is 527. The lowest BCUT2D eigenvalue weighted by atomic mass is 10.1. The van der Waals surface area contributed by atoms with Crippen molar-refractivity contribution in [3.8, 4) is 0 Å². The van der Waals surface area contributed by atoms with Crippen LogP contribution in [0.15, 0.2) is 36.7 Å². The van der Waals surface area contributed by atoms with Gasteiger partial charge in [0.15, 0.2) is 0 Å². The molecule has 3 rings (SSSR count). The molecule has 1 aliphatic rings. The van der Waals surface area contributed by atoms with Crippen LogP contribution in [0.25, 0.3) is 0 Å². The maximum Gasteiger partial charge on any atom is 0.0696 e. The number of rotatable bonds is 3. The summed E-state index contributed by atoms with van der Waals surface area (Å²) >= 11 is 0. The predicted molar refractivity (Wildman–Crippen MR) is 67.9 cm³/mol. The zero-order chi connectivity index (χ0) is 11.7. The average molecular weight is 227 g/mol. The monoisotopic (exact) mass is 227 g/mol. The van der Waals surface area contributed by atoms with Crippen molar-refractivity contribution in [1.82, 2.24) is 4.57 Å². The van der Waals surface area contributed by atoms with Gasteiger partial charge in [-0.15, -0.1) is 0 Å². The summed E-state index contributed by atoms with van der Waals surface area (Å²) in [6.07, 6.45) is 7.81. The molecule has 2 nitrogen and oxygen atoms in total. The molecular weight excluding hydrogens is 210 g/mol. The summed E-state index contributed by atoms with van der Waals surface area (Å²) in [6.45, 7) is 1.02. The van der Waals surface area contributed by atoms with Crippen LogP contribution in [-0.2, 0) is 26.0 Å². The van der Waals surface area contributed by atoms with Crippen LogP contribution in [0.1, 0.15) is 28.7 Å². The zero-order valence-corrected chi connectivity index (χ0v) is 9.89. The Morgan fingerprint density at radius 3 is 2.76 bits per heavy atom. The highest BCUT2D eigenvalue weighted by molar-refractivity contribution is 5.35. The summed E-state index contributed by atoms with van der Waals surface area (Å²) in [7, 11) is 0. The van der Waals surface area contributed by atoms with Crippen molar-refractivity contribution in [2.75, 3.05) is 0 Å². The summed E-state index contributed by atoms with van der Waals surface area (Å²) < 4.78 is 2.13. The number of aromatic nitrogens is 1. The Kier molecular flexibility index (Phi) is 2.73. The minimum Gasteiger partial charge on any atom is -0.392 e. The van der Waals surface area contributed by atoms with Gasteiger partial charge in [-0.05, 0) is 47.6 Å². The first-order chi connectivity index (χ1) is 8.35. The van der Waals surface area contributed by atoms with E-state index < -0.39 is 0 Å². The van der Waals surface area contributed by atoms with E-state index in [1.807, 2.05) is 18.5 Å². The summed E-state index contributed by atoms with van der Waals surface area (Å²) in [4.78, 5) is 0. The highest BCUT2D eigenvalue weighted by Gasteiger charge is 2.10. The fourth-order valence-electron chi connectivity index (χ4n) is 2.62. The van der Waals surface area contributed by atoms with E-state index in [0.29, 0.717) is 0 Å². The van der Waals surface area contributed by atoms with Crippen molar-refractivity contribution < 1.29 is 5.11 Å². The molecule has 0 aliphatic heterocycles. The van der Waals surface area contributed by atoms with Crippen LogP contribution in [0.4, 0.5) is 0 Å². The first kappa shape index (κ1) is 10.6. The normalized spacial score (nSPS) is 13.9. The van der Waals surface area contributed by atoms with E-state index in [-0.39, 0.29) is 6.61 Å². The van der Waals surface area contributed by atoms with Gasteiger partial charge in [0.25, 0.3) is 0 Å². The van der Waals surface area contributed by atoms with Gasteiger partial charge >= 0.3 is 0 Å². The van der Waals surface area contributed by atoms with Gasteiger partial charge in [-0.3, -0.25) is 0 Å². The van der Waals surface area contributed by atoms with Gasteiger partial charge in [-0.2, -0.15) is 0 Å². The number of hydrogen-bond donors (Lipinski definition) is 1. The van der Waals surface area contributed by atoms with E-state index in [1.54, 1.807) is 0 Å². The second kappa shape index (κ2) is 4.38. The molecule has 0 spiro atoms. The van der Waals surface area contributed by atoms with E-state index in [9.17, 15) is 0 Å². The quantitative estimate of drug-likeness (QED) is 0.856. The number of nitrogens with zero attached hydrogens (tertiary/aromatic N) is 1. The minimum atomic E-state index is 0.122. The maximum absolute atomic E-state index is 9.03. The van der Waals surface area contributed by atoms with E-state index in [1.165, 1.54) is 36.0 Å². The highest BCUT2D eigenvalue weighted by Crippen LogP contribution is 2.23. The molecular formula is C15H17NO. The van der Waals surface area contributed by atoms with E-state index in [2.05, 4.69) is 22.8 Å². The van der Waals surface area contributed by atoms with Crippen molar-refractivity contribution >= 4 is 0 Å². The van der Waals surface area contributed by atoms with Crippen LogP contribution in [0, 0.1) is 0 Å². The fourth-order valence-corrected chi connectivity index (χ4v) is 2.62. The van der Waals surface area contributed by atoms with E-state index >= 15 is 0 Å². The Hall–Kier alpha value is -1.54. The molecule has 0 saturated carbocycles. The molecule has 0 atom stereocenters. The Morgan fingerprint density at radius 1 is 1.06 bits per heavy atom. The summed E-state index contributed by atoms with van der Waals surface area (Å²) in [5, 5.41) is 9.03. The first-order valence-electron chi connectivity index (χ1n) is 6.21. The zero-order valence-electron chi connectivity index (χ0n) is 9.89. The van der Waals surface area contributed by atoms with Crippen LogP contribution in [0.2, 0.25) is 0 Å². The number of hydrogen-bond acceptors (Lipinski definition) is 1. The van der Waals surface area contributed by atoms with Crippen molar-refractivity contribution in [3.63, 3.8) is 0 Å². The maximum atomic E-state index is 9.03. The first-order valence-corrected chi connectivity index (χ1v) is 6.21. The molecule has 0 unspecified atom stereocenters. The lowest BCUT2D eigenvalue weighted by Crippen LogP contribution is -1.97. The number of aryl methyl sites for hydroxylation is 2. The highest BCUT2D eigenvalue weighted by atomic mass is 16.3. The molecule has 1 aromatic heterocycles. The summed E-state index contributed by atoms with van der Waals surface area (Å²) in [5.41, 5.74) is 5.38. The van der Waals surface area contributed by atoms with Crippen LogP contribution >= 0.6 is 0 Å². The standard InChI is InChI=1S/C15H17NO/c17-11-13-6-7-16(10-13)9-12-4-5-14-2-1-3-15(14)8-12/h4-8,10,17H,1-3,9,11H2. The molecule has 1 aliphatic carbocycles. The molecule has 17 heavy (non-hydrogen) atoms. The van der Waals surface area contributed by atoms with Crippen LogP contribution < -0.4 is 0 Å². The smallest absolute Gasteiger partial charge is 0.0696 e. The van der Waals surface area contributed by atoms with Crippen molar-refractivity contribution in [3.05, 3.63) is 58.9 Å². The van der Waals surface area contributed by atoms with Crippen molar-refractivity contribution in [2.45, 2.75) is 32.4 Å². The third kappa shape index (κ3) is 2.13. The molecule has 0 amide bonds. The van der Waals surface area contributed by atoms with Crippen molar-refractivity contribution in [2.24, 2.45) is 0 Å². The molecule has 2 aromatic rings. The Morgan fingerprint density at radius 2 is 1.94 bits per heavy atom. The second-order valence-corrected chi connectivity index (χ2v) is 4.81. The summed E-state index contributed by atoms with van der Waals surface area (Å²) in [6, 6.07) is 8.80. The Balaban J connectivity index is 1.80.